The van der Waals surface area contributed by atoms with Gasteiger partial charge in [-0.1, -0.05) is 35.9 Å². The van der Waals surface area contributed by atoms with Gasteiger partial charge in [-0.25, -0.2) is 0 Å². The van der Waals surface area contributed by atoms with Crippen molar-refractivity contribution in [2.45, 2.75) is 26.8 Å². The molecule has 5 heteroatoms. The van der Waals surface area contributed by atoms with Crippen molar-refractivity contribution in [1.29, 1.82) is 0 Å². The third-order valence-electron chi connectivity index (χ3n) is 4.96. The third-order valence-corrected chi connectivity index (χ3v) is 5.18. The summed E-state index contributed by atoms with van der Waals surface area (Å²) in [6.07, 6.45) is 0. The second kappa shape index (κ2) is 9.31. The van der Waals surface area contributed by atoms with Crippen LogP contribution in [0.5, 0.6) is 0 Å². The van der Waals surface area contributed by atoms with Crippen LogP contribution < -0.4 is 15.5 Å². The van der Waals surface area contributed by atoms with Crippen LogP contribution in [0.3, 0.4) is 0 Å². The van der Waals surface area contributed by atoms with Crippen molar-refractivity contribution in [2.75, 3.05) is 38.2 Å². The fourth-order valence-corrected chi connectivity index (χ4v) is 3.84. The van der Waals surface area contributed by atoms with Crippen molar-refractivity contribution < 1.29 is 9.64 Å². The van der Waals surface area contributed by atoms with Crippen LogP contribution in [-0.4, -0.2) is 38.0 Å². The summed E-state index contributed by atoms with van der Waals surface area (Å²) >= 11 is 5.64. The highest BCUT2D eigenvalue weighted by Gasteiger charge is 2.22. The van der Waals surface area contributed by atoms with Crippen LogP contribution in [0.15, 0.2) is 42.5 Å². The number of thiocarbonyl (C=S) groups is 1. The van der Waals surface area contributed by atoms with Crippen molar-refractivity contribution in [3.63, 3.8) is 0 Å². The maximum absolute atomic E-state index is 5.64. The molecule has 1 heterocycles. The Morgan fingerprint density at radius 3 is 2.26 bits per heavy atom. The van der Waals surface area contributed by atoms with Gasteiger partial charge in [-0.2, -0.15) is 0 Å². The molecule has 1 aliphatic heterocycles. The molecule has 3 rings (SSSR count). The molecular weight excluding hydrogens is 354 g/mol. The molecule has 1 aliphatic rings. The van der Waals surface area contributed by atoms with E-state index in [9.17, 15) is 0 Å². The monoisotopic (exact) mass is 384 g/mol. The van der Waals surface area contributed by atoms with Crippen LogP contribution in [0.4, 0.5) is 5.69 Å². The van der Waals surface area contributed by atoms with Crippen molar-refractivity contribution in [1.82, 2.24) is 5.32 Å². The molecular formula is C22H30N3OS+. The quantitative estimate of drug-likeness (QED) is 0.693. The van der Waals surface area contributed by atoms with Crippen LogP contribution in [0.2, 0.25) is 0 Å². The number of morpholine rings is 1. The van der Waals surface area contributed by atoms with Gasteiger partial charge in [-0.15, -0.1) is 0 Å². The average Bonchev–Trinajstić information content (AvgIpc) is 2.62. The summed E-state index contributed by atoms with van der Waals surface area (Å²) in [5.41, 5.74) is 6.03. The van der Waals surface area contributed by atoms with E-state index in [0.717, 1.165) is 38.5 Å². The van der Waals surface area contributed by atoms with Crippen molar-refractivity contribution in [3.05, 3.63) is 64.7 Å². The summed E-state index contributed by atoms with van der Waals surface area (Å²) in [4.78, 5) is 1.55. The molecule has 1 atom stereocenters. The van der Waals surface area contributed by atoms with E-state index in [0.29, 0.717) is 5.11 Å². The highest BCUT2D eigenvalue weighted by atomic mass is 32.1. The molecule has 2 aromatic carbocycles. The lowest BCUT2D eigenvalue weighted by Gasteiger charge is -2.29. The average molecular weight is 385 g/mol. The lowest BCUT2D eigenvalue weighted by atomic mass is 10.0. The normalized spacial score (nSPS) is 16.0. The Bertz CT molecular complexity index is 749. The third kappa shape index (κ3) is 6.03. The molecule has 0 amide bonds. The molecule has 1 fully saturated rings. The number of ether oxygens (including phenoxy) is 1. The van der Waals surface area contributed by atoms with Crippen LogP contribution >= 0.6 is 12.2 Å². The Hall–Kier alpha value is -1.95. The first kappa shape index (κ1) is 19.8. The molecule has 2 aromatic rings. The summed E-state index contributed by atoms with van der Waals surface area (Å²) < 4.78 is 5.51. The second-order valence-corrected chi connectivity index (χ2v) is 7.91. The fourth-order valence-electron chi connectivity index (χ4n) is 3.58. The van der Waals surface area contributed by atoms with Crippen LogP contribution in [0, 0.1) is 20.8 Å². The van der Waals surface area contributed by atoms with Gasteiger partial charge in [0.05, 0.1) is 13.2 Å². The number of benzene rings is 2. The van der Waals surface area contributed by atoms with Gasteiger partial charge in [0.15, 0.2) is 5.11 Å². The first-order chi connectivity index (χ1) is 13.0. The highest BCUT2D eigenvalue weighted by Crippen LogP contribution is 2.16. The Labute approximate surface area is 167 Å². The molecule has 0 radical (unpaired) electrons. The summed E-state index contributed by atoms with van der Waals surface area (Å²) in [7, 11) is 0. The minimum atomic E-state index is 0.171. The Kier molecular flexibility index (Phi) is 6.83. The summed E-state index contributed by atoms with van der Waals surface area (Å²) in [6, 6.07) is 15.3. The predicted octanol–water partition coefficient (Wildman–Crippen LogP) is 2.55. The zero-order chi connectivity index (χ0) is 19.2. The maximum Gasteiger partial charge on any atom is 0.171 e. The Balaban J connectivity index is 1.71. The van der Waals surface area contributed by atoms with E-state index >= 15 is 0 Å². The first-order valence-electron chi connectivity index (χ1n) is 9.63. The van der Waals surface area contributed by atoms with E-state index in [4.69, 9.17) is 17.0 Å². The molecule has 0 aromatic heterocycles. The fraction of sp³-hybridized carbons (Fsp3) is 0.409. The van der Waals surface area contributed by atoms with E-state index in [-0.39, 0.29) is 6.04 Å². The number of nitrogens with one attached hydrogen (secondary N) is 3. The number of anilines is 1. The number of rotatable bonds is 5. The summed E-state index contributed by atoms with van der Waals surface area (Å²) in [6.45, 7) is 11.1. The lowest BCUT2D eigenvalue weighted by molar-refractivity contribution is -0.909. The second-order valence-electron chi connectivity index (χ2n) is 7.50. The SMILES string of the molecule is Cc1ccc([C@@H](C[NH+]2CCOCC2)NC(=S)Nc2cc(C)cc(C)c2)cc1. The van der Waals surface area contributed by atoms with Gasteiger partial charge in [-0.3, -0.25) is 0 Å². The van der Waals surface area contributed by atoms with Gasteiger partial charge in [0.25, 0.3) is 0 Å². The maximum atomic E-state index is 5.64. The van der Waals surface area contributed by atoms with Crippen molar-refractivity contribution in [2.24, 2.45) is 0 Å². The Morgan fingerprint density at radius 1 is 1.00 bits per heavy atom. The highest BCUT2D eigenvalue weighted by molar-refractivity contribution is 7.80. The molecule has 144 valence electrons. The molecule has 27 heavy (non-hydrogen) atoms. The minimum Gasteiger partial charge on any atom is -0.370 e. The number of hydrogen-bond acceptors (Lipinski definition) is 2. The number of hydrogen-bond donors (Lipinski definition) is 3. The zero-order valence-corrected chi connectivity index (χ0v) is 17.3. The van der Waals surface area contributed by atoms with Crippen LogP contribution in [-0.2, 0) is 4.74 Å². The standard InChI is InChI=1S/C22H29N3OS/c1-16-4-6-19(7-5-16)21(15-25-8-10-26-11-9-25)24-22(27)23-20-13-17(2)12-18(3)14-20/h4-7,12-14,21H,8-11,15H2,1-3H3,(H2,23,24,27)/p+1/t21-/m1/s1. The molecule has 4 nitrogen and oxygen atoms in total. The molecule has 0 unspecified atom stereocenters. The van der Waals surface area contributed by atoms with Gasteiger partial charge < -0.3 is 20.3 Å². The van der Waals surface area contributed by atoms with Crippen LogP contribution in [0.25, 0.3) is 0 Å². The minimum absolute atomic E-state index is 0.171. The molecule has 0 saturated carbocycles. The first-order valence-corrected chi connectivity index (χ1v) is 10.0. The zero-order valence-electron chi connectivity index (χ0n) is 16.5. The smallest absolute Gasteiger partial charge is 0.171 e. The molecule has 1 saturated heterocycles. The van der Waals surface area contributed by atoms with Gasteiger partial charge in [0.2, 0.25) is 0 Å². The largest absolute Gasteiger partial charge is 0.370 e. The van der Waals surface area contributed by atoms with E-state index < -0.39 is 0 Å². The van der Waals surface area contributed by atoms with Crippen molar-refractivity contribution >= 4 is 23.0 Å². The van der Waals surface area contributed by atoms with Gasteiger partial charge in [-0.05, 0) is 61.8 Å². The van der Waals surface area contributed by atoms with E-state index in [1.54, 1.807) is 4.90 Å². The summed E-state index contributed by atoms with van der Waals surface area (Å²) in [5, 5.41) is 7.57. The van der Waals surface area contributed by atoms with Crippen molar-refractivity contribution in [3.8, 4) is 0 Å². The number of quaternary nitrogens is 1. The van der Waals surface area contributed by atoms with Gasteiger partial charge >= 0.3 is 0 Å². The predicted molar refractivity (Wildman–Crippen MR) is 116 cm³/mol. The molecule has 0 spiro atoms. The molecule has 0 bridgehead atoms. The van der Waals surface area contributed by atoms with E-state index in [1.807, 2.05) is 0 Å². The summed E-state index contributed by atoms with van der Waals surface area (Å²) in [5.74, 6) is 0. The Morgan fingerprint density at radius 2 is 1.63 bits per heavy atom. The number of aryl methyl sites for hydroxylation is 3. The lowest BCUT2D eigenvalue weighted by Crippen LogP contribution is -3.14. The van der Waals surface area contributed by atoms with E-state index in [2.05, 4.69) is 73.9 Å². The van der Waals surface area contributed by atoms with E-state index in [1.165, 1.54) is 22.3 Å². The molecule has 0 aliphatic carbocycles. The topological polar surface area (TPSA) is 37.7 Å². The molecule has 3 N–H and O–H groups in total. The van der Waals surface area contributed by atoms with Gasteiger partial charge in [0, 0.05) is 5.69 Å². The van der Waals surface area contributed by atoms with Gasteiger partial charge in [0.1, 0.15) is 25.7 Å². The van der Waals surface area contributed by atoms with Crippen LogP contribution in [0.1, 0.15) is 28.3 Å².